The standard InChI is InChI=1S/C18H17N3/c1-3-14-4-2-13(1)5-6-15-8-10-16(9-7-14)17(11-15)18-19-12-20-21-18/h1-4,8,10-12H,5-7,9H2,(H,19,20,21). The lowest BCUT2D eigenvalue weighted by molar-refractivity contribution is 0.920. The highest BCUT2D eigenvalue weighted by atomic mass is 15.2. The molecule has 3 heteroatoms. The monoisotopic (exact) mass is 275 g/mol. The van der Waals surface area contributed by atoms with Crippen LogP contribution in [0.2, 0.25) is 0 Å². The molecule has 0 fully saturated rings. The first kappa shape index (κ1) is 12.3. The molecule has 0 amide bonds. The lowest BCUT2D eigenvalue weighted by atomic mass is 9.93. The third-order valence-corrected chi connectivity index (χ3v) is 4.25. The largest absolute Gasteiger partial charge is 0.259 e. The van der Waals surface area contributed by atoms with Gasteiger partial charge in [0.25, 0.3) is 0 Å². The van der Waals surface area contributed by atoms with Gasteiger partial charge >= 0.3 is 0 Å². The number of hydrogen-bond acceptors (Lipinski definition) is 2. The molecule has 0 aliphatic heterocycles. The van der Waals surface area contributed by atoms with Crippen molar-refractivity contribution in [3.63, 3.8) is 0 Å². The smallest absolute Gasteiger partial charge is 0.155 e. The van der Waals surface area contributed by atoms with E-state index in [4.69, 9.17) is 0 Å². The molecule has 0 unspecified atom stereocenters. The van der Waals surface area contributed by atoms with Crippen molar-refractivity contribution in [2.45, 2.75) is 25.7 Å². The van der Waals surface area contributed by atoms with Crippen LogP contribution >= 0.6 is 0 Å². The minimum absolute atomic E-state index is 0.873. The summed E-state index contributed by atoms with van der Waals surface area (Å²) in [4.78, 5) is 4.33. The maximum atomic E-state index is 4.33. The summed E-state index contributed by atoms with van der Waals surface area (Å²) in [6.07, 6.45) is 5.79. The number of rotatable bonds is 1. The van der Waals surface area contributed by atoms with Crippen LogP contribution in [-0.4, -0.2) is 15.2 Å². The SMILES string of the molecule is c1n[nH]c(-c2cc3ccc2CCc2ccc(cc2)CC3)n1. The van der Waals surface area contributed by atoms with E-state index in [1.807, 2.05) is 0 Å². The van der Waals surface area contributed by atoms with Gasteiger partial charge in [0.1, 0.15) is 6.33 Å². The second-order valence-electron chi connectivity index (χ2n) is 5.64. The Labute approximate surface area is 124 Å². The summed E-state index contributed by atoms with van der Waals surface area (Å²) in [6.45, 7) is 0. The average molecular weight is 275 g/mol. The van der Waals surface area contributed by atoms with Crippen LogP contribution in [0, 0.1) is 0 Å². The van der Waals surface area contributed by atoms with Crippen molar-refractivity contribution in [2.24, 2.45) is 0 Å². The molecule has 3 nitrogen and oxygen atoms in total. The molecule has 4 bridgehead atoms. The predicted octanol–water partition coefficient (Wildman–Crippen LogP) is 3.36. The van der Waals surface area contributed by atoms with Crippen LogP contribution in [0.5, 0.6) is 0 Å². The number of hydrogen-bond donors (Lipinski definition) is 1. The summed E-state index contributed by atoms with van der Waals surface area (Å²) in [7, 11) is 0. The van der Waals surface area contributed by atoms with Gasteiger partial charge in [-0.2, -0.15) is 5.10 Å². The molecule has 21 heavy (non-hydrogen) atoms. The molecule has 0 saturated carbocycles. The van der Waals surface area contributed by atoms with Gasteiger partial charge in [0.05, 0.1) is 0 Å². The summed E-state index contributed by atoms with van der Waals surface area (Å²) >= 11 is 0. The fourth-order valence-electron chi connectivity index (χ4n) is 2.99. The predicted molar refractivity (Wildman–Crippen MR) is 83.1 cm³/mol. The number of aromatic amines is 1. The van der Waals surface area contributed by atoms with E-state index >= 15 is 0 Å². The van der Waals surface area contributed by atoms with Crippen LogP contribution < -0.4 is 0 Å². The van der Waals surface area contributed by atoms with E-state index in [-0.39, 0.29) is 0 Å². The molecule has 0 saturated heterocycles. The molecular weight excluding hydrogens is 258 g/mol. The maximum absolute atomic E-state index is 4.33. The van der Waals surface area contributed by atoms with E-state index in [9.17, 15) is 0 Å². The number of aryl methyl sites for hydroxylation is 4. The van der Waals surface area contributed by atoms with Gasteiger partial charge in [-0.25, -0.2) is 4.98 Å². The van der Waals surface area contributed by atoms with Crippen LogP contribution in [0.15, 0.2) is 48.8 Å². The average Bonchev–Trinajstić information content (AvgIpc) is 3.04. The maximum Gasteiger partial charge on any atom is 0.155 e. The molecule has 4 aliphatic carbocycles. The molecule has 0 spiro atoms. The lowest BCUT2D eigenvalue weighted by Gasteiger charge is -2.13. The third-order valence-electron chi connectivity index (χ3n) is 4.25. The number of nitrogens with zero attached hydrogens (tertiary/aromatic N) is 2. The summed E-state index contributed by atoms with van der Waals surface area (Å²) in [5.74, 6) is 0.873. The van der Waals surface area contributed by atoms with E-state index in [2.05, 4.69) is 57.6 Å². The Bertz CT molecular complexity index is 743. The van der Waals surface area contributed by atoms with Crippen LogP contribution in [0.4, 0.5) is 0 Å². The highest BCUT2D eigenvalue weighted by molar-refractivity contribution is 5.61. The quantitative estimate of drug-likeness (QED) is 0.740. The van der Waals surface area contributed by atoms with Crippen molar-refractivity contribution in [1.82, 2.24) is 15.2 Å². The molecular formula is C18H17N3. The zero-order valence-electron chi connectivity index (χ0n) is 11.8. The molecule has 2 aromatic carbocycles. The molecule has 1 N–H and O–H groups in total. The Kier molecular flexibility index (Phi) is 3.03. The highest BCUT2D eigenvalue weighted by Crippen LogP contribution is 2.25. The Hall–Kier alpha value is -2.42. The first-order valence-corrected chi connectivity index (χ1v) is 7.44. The molecule has 4 aliphatic rings. The molecule has 3 aromatic rings. The fraction of sp³-hybridized carbons (Fsp3) is 0.222. The van der Waals surface area contributed by atoms with E-state index in [1.165, 1.54) is 27.8 Å². The Morgan fingerprint density at radius 2 is 1.43 bits per heavy atom. The molecule has 7 rings (SSSR count). The zero-order chi connectivity index (χ0) is 14.1. The van der Waals surface area contributed by atoms with Crippen molar-refractivity contribution in [2.75, 3.05) is 0 Å². The fourth-order valence-corrected chi connectivity index (χ4v) is 2.99. The second kappa shape index (κ2) is 5.17. The molecule has 0 atom stereocenters. The van der Waals surface area contributed by atoms with Crippen LogP contribution in [0.1, 0.15) is 22.3 Å². The van der Waals surface area contributed by atoms with E-state index in [0.717, 1.165) is 31.5 Å². The van der Waals surface area contributed by atoms with Crippen molar-refractivity contribution < 1.29 is 0 Å². The van der Waals surface area contributed by atoms with Crippen molar-refractivity contribution in [1.29, 1.82) is 0 Å². The van der Waals surface area contributed by atoms with E-state index in [1.54, 1.807) is 6.33 Å². The second-order valence-corrected chi connectivity index (χ2v) is 5.64. The summed E-state index contributed by atoms with van der Waals surface area (Å²) in [5, 5.41) is 6.99. The van der Waals surface area contributed by atoms with Gasteiger partial charge < -0.3 is 0 Å². The van der Waals surface area contributed by atoms with Gasteiger partial charge in [0.2, 0.25) is 0 Å². The molecule has 1 aromatic heterocycles. The van der Waals surface area contributed by atoms with Crippen LogP contribution in [-0.2, 0) is 25.7 Å². The minimum Gasteiger partial charge on any atom is -0.259 e. The molecule has 104 valence electrons. The number of aromatic nitrogens is 3. The first-order chi connectivity index (χ1) is 10.4. The van der Waals surface area contributed by atoms with Gasteiger partial charge in [-0.1, -0.05) is 36.4 Å². The zero-order valence-corrected chi connectivity index (χ0v) is 11.8. The number of nitrogens with one attached hydrogen (secondary N) is 1. The van der Waals surface area contributed by atoms with Crippen molar-refractivity contribution in [3.05, 3.63) is 71.0 Å². The molecule has 0 radical (unpaired) electrons. The van der Waals surface area contributed by atoms with Crippen molar-refractivity contribution in [3.8, 4) is 11.4 Å². The minimum atomic E-state index is 0.873. The summed E-state index contributed by atoms with van der Waals surface area (Å²) in [5.41, 5.74) is 6.69. The van der Waals surface area contributed by atoms with Gasteiger partial charge in [-0.3, -0.25) is 5.10 Å². The molecule has 1 heterocycles. The van der Waals surface area contributed by atoms with E-state index < -0.39 is 0 Å². The number of benzene rings is 2. The van der Waals surface area contributed by atoms with Gasteiger partial charge in [0, 0.05) is 5.56 Å². The van der Waals surface area contributed by atoms with Gasteiger partial charge in [-0.05, 0) is 54.0 Å². The highest BCUT2D eigenvalue weighted by Gasteiger charge is 2.11. The van der Waals surface area contributed by atoms with Gasteiger partial charge in [-0.15, -0.1) is 0 Å². The first-order valence-electron chi connectivity index (χ1n) is 7.44. The Balaban J connectivity index is 1.79. The van der Waals surface area contributed by atoms with Crippen molar-refractivity contribution >= 4 is 0 Å². The van der Waals surface area contributed by atoms with Crippen LogP contribution in [0.25, 0.3) is 11.4 Å². The van der Waals surface area contributed by atoms with Crippen LogP contribution in [0.3, 0.4) is 0 Å². The van der Waals surface area contributed by atoms with E-state index in [0.29, 0.717) is 0 Å². The topological polar surface area (TPSA) is 41.6 Å². The van der Waals surface area contributed by atoms with Gasteiger partial charge in [0.15, 0.2) is 5.82 Å². The third kappa shape index (κ3) is 2.47. The summed E-state index contributed by atoms with van der Waals surface area (Å²) in [6, 6.07) is 15.8. The number of H-pyrrole nitrogens is 1. The normalized spacial score (nSPS) is 13.9. The Morgan fingerprint density at radius 3 is 2.14 bits per heavy atom. The Morgan fingerprint density at radius 1 is 0.762 bits per heavy atom. The summed E-state index contributed by atoms with van der Waals surface area (Å²) < 4.78 is 0. The lowest BCUT2D eigenvalue weighted by Crippen LogP contribution is -2.00.